The second-order valence-corrected chi connectivity index (χ2v) is 5.92. The van der Waals surface area contributed by atoms with E-state index in [2.05, 4.69) is 22.2 Å². The fourth-order valence-corrected chi connectivity index (χ4v) is 2.69. The number of rotatable bonds is 3. The Morgan fingerprint density at radius 2 is 1.67 bits per heavy atom. The molecule has 126 valence electrons. The van der Waals surface area contributed by atoms with Crippen LogP contribution in [0.3, 0.4) is 0 Å². The number of nitrogens with zero attached hydrogens (tertiary/aromatic N) is 2. The van der Waals surface area contributed by atoms with Crippen molar-refractivity contribution < 1.29 is 13.6 Å². The van der Waals surface area contributed by atoms with E-state index >= 15 is 0 Å². The van der Waals surface area contributed by atoms with Gasteiger partial charge in [-0.25, -0.2) is 8.78 Å². The quantitative estimate of drug-likeness (QED) is 0.939. The van der Waals surface area contributed by atoms with Gasteiger partial charge in [-0.15, -0.1) is 0 Å². The number of likely N-dealkylation sites (N-methyl/N-ethyl adjacent to an activating group) is 1. The largest absolute Gasteiger partial charge is 0.369 e. The maximum atomic E-state index is 13.6. The summed E-state index contributed by atoms with van der Waals surface area (Å²) in [5, 5.41) is 2.59. The third kappa shape index (κ3) is 3.71. The van der Waals surface area contributed by atoms with Crippen LogP contribution in [0.15, 0.2) is 42.5 Å². The van der Waals surface area contributed by atoms with Crippen LogP contribution in [0.25, 0.3) is 0 Å². The molecule has 1 heterocycles. The maximum Gasteiger partial charge on any atom is 0.258 e. The van der Waals surface area contributed by atoms with Gasteiger partial charge in [0.2, 0.25) is 0 Å². The molecule has 3 rings (SSSR count). The average Bonchev–Trinajstić information content (AvgIpc) is 2.58. The molecule has 0 aromatic heterocycles. The number of amides is 1. The van der Waals surface area contributed by atoms with Gasteiger partial charge >= 0.3 is 0 Å². The van der Waals surface area contributed by atoms with E-state index in [0.717, 1.165) is 50.1 Å². The molecule has 24 heavy (non-hydrogen) atoms. The Morgan fingerprint density at radius 1 is 1.00 bits per heavy atom. The van der Waals surface area contributed by atoms with Crippen molar-refractivity contribution in [2.24, 2.45) is 0 Å². The summed E-state index contributed by atoms with van der Waals surface area (Å²) < 4.78 is 26.8. The second kappa shape index (κ2) is 6.97. The Bertz CT molecular complexity index is 726. The highest BCUT2D eigenvalue weighted by Crippen LogP contribution is 2.20. The van der Waals surface area contributed by atoms with Crippen molar-refractivity contribution in [2.75, 3.05) is 43.4 Å². The van der Waals surface area contributed by atoms with E-state index in [9.17, 15) is 13.6 Å². The van der Waals surface area contributed by atoms with E-state index in [0.29, 0.717) is 5.69 Å². The van der Waals surface area contributed by atoms with Crippen LogP contribution in [0.4, 0.5) is 20.2 Å². The molecule has 2 aromatic rings. The van der Waals surface area contributed by atoms with Gasteiger partial charge in [-0.3, -0.25) is 4.79 Å². The lowest BCUT2D eigenvalue weighted by molar-refractivity contribution is 0.102. The minimum Gasteiger partial charge on any atom is -0.369 e. The van der Waals surface area contributed by atoms with Gasteiger partial charge in [-0.2, -0.15) is 0 Å². The van der Waals surface area contributed by atoms with Gasteiger partial charge in [0.05, 0.1) is 5.56 Å². The Hall–Kier alpha value is -2.47. The molecule has 2 aromatic carbocycles. The SMILES string of the molecule is CN1CCN(c2ccc(NC(=O)c3cc(F)ccc3F)cc2)CC1. The first-order valence-corrected chi connectivity index (χ1v) is 7.83. The Labute approximate surface area is 139 Å². The summed E-state index contributed by atoms with van der Waals surface area (Å²) in [5.74, 6) is -2.06. The normalized spacial score (nSPS) is 15.4. The van der Waals surface area contributed by atoms with Crippen molar-refractivity contribution in [2.45, 2.75) is 0 Å². The lowest BCUT2D eigenvalue weighted by atomic mass is 10.2. The van der Waals surface area contributed by atoms with E-state index in [-0.39, 0.29) is 5.56 Å². The fraction of sp³-hybridized carbons (Fsp3) is 0.278. The van der Waals surface area contributed by atoms with E-state index in [1.807, 2.05) is 12.1 Å². The third-order valence-corrected chi connectivity index (χ3v) is 4.17. The van der Waals surface area contributed by atoms with Crippen molar-refractivity contribution in [3.05, 3.63) is 59.7 Å². The maximum absolute atomic E-state index is 13.6. The molecular formula is C18H19F2N3O. The summed E-state index contributed by atoms with van der Waals surface area (Å²) in [6, 6.07) is 10.2. The molecule has 1 aliphatic rings. The predicted octanol–water partition coefficient (Wildman–Crippen LogP) is 2.97. The smallest absolute Gasteiger partial charge is 0.258 e. The minimum absolute atomic E-state index is 0.307. The van der Waals surface area contributed by atoms with Gasteiger partial charge in [-0.1, -0.05) is 0 Å². The first kappa shape index (κ1) is 16.4. The number of anilines is 2. The molecule has 0 bridgehead atoms. The molecule has 0 saturated carbocycles. The van der Waals surface area contributed by atoms with Gasteiger partial charge in [-0.05, 0) is 49.5 Å². The van der Waals surface area contributed by atoms with Crippen LogP contribution < -0.4 is 10.2 Å². The highest BCUT2D eigenvalue weighted by atomic mass is 19.1. The average molecular weight is 331 g/mol. The van der Waals surface area contributed by atoms with Gasteiger partial charge in [0.1, 0.15) is 11.6 Å². The summed E-state index contributed by atoms with van der Waals surface area (Å²) in [5.41, 5.74) is 1.32. The Balaban J connectivity index is 1.68. The highest BCUT2D eigenvalue weighted by Gasteiger charge is 2.15. The number of benzene rings is 2. The van der Waals surface area contributed by atoms with Gasteiger partial charge in [0.25, 0.3) is 5.91 Å². The molecular weight excluding hydrogens is 312 g/mol. The van der Waals surface area contributed by atoms with Crippen LogP contribution >= 0.6 is 0 Å². The molecule has 0 radical (unpaired) electrons. The zero-order valence-electron chi connectivity index (χ0n) is 13.4. The number of carbonyl (C=O) groups excluding carboxylic acids is 1. The second-order valence-electron chi connectivity index (χ2n) is 5.92. The topological polar surface area (TPSA) is 35.6 Å². The van der Waals surface area contributed by atoms with Crippen molar-refractivity contribution in [3.8, 4) is 0 Å². The van der Waals surface area contributed by atoms with Crippen LogP contribution in [0.1, 0.15) is 10.4 Å². The monoisotopic (exact) mass is 331 g/mol. The van der Waals surface area contributed by atoms with Crippen LogP contribution in [0, 0.1) is 11.6 Å². The van der Waals surface area contributed by atoms with Crippen LogP contribution in [0.2, 0.25) is 0 Å². The van der Waals surface area contributed by atoms with Crippen LogP contribution in [0.5, 0.6) is 0 Å². The molecule has 1 saturated heterocycles. The number of halogens is 2. The number of hydrogen-bond acceptors (Lipinski definition) is 3. The summed E-state index contributed by atoms with van der Waals surface area (Å²) in [6.07, 6.45) is 0. The molecule has 0 unspecified atom stereocenters. The molecule has 1 amide bonds. The molecule has 1 fully saturated rings. The van der Waals surface area contributed by atoms with E-state index < -0.39 is 17.5 Å². The standard InChI is InChI=1S/C18H19F2N3O/c1-22-8-10-23(11-9-22)15-5-3-14(4-6-15)21-18(24)16-12-13(19)2-7-17(16)20/h2-7,12H,8-11H2,1H3,(H,21,24). The Kier molecular flexibility index (Phi) is 4.76. The number of nitrogens with one attached hydrogen (secondary N) is 1. The van der Waals surface area contributed by atoms with Crippen molar-refractivity contribution >= 4 is 17.3 Å². The number of hydrogen-bond donors (Lipinski definition) is 1. The number of piperazine rings is 1. The van der Waals surface area contributed by atoms with Crippen LogP contribution in [-0.4, -0.2) is 44.0 Å². The van der Waals surface area contributed by atoms with Crippen molar-refractivity contribution in [3.63, 3.8) is 0 Å². The summed E-state index contributed by atoms with van der Waals surface area (Å²) in [6.45, 7) is 3.93. The fourth-order valence-electron chi connectivity index (χ4n) is 2.69. The molecule has 4 nitrogen and oxygen atoms in total. The molecule has 1 N–H and O–H groups in total. The highest BCUT2D eigenvalue weighted by molar-refractivity contribution is 6.04. The zero-order chi connectivity index (χ0) is 17.1. The van der Waals surface area contributed by atoms with Crippen molar-refractivity contribution in [1.82, 2.24) is 4.90 Å². The van der Waals surface area contributed by atoms with E-state index in [1.165, 1.54) is 0 Å². The summed E-state index contributed by atoms with van der Waals surface area (Å²) >= 11 is 0. The lowest BCUT2D eigenvalue weighted by Crippen LogP contribution is -2.44. The third-order valence-electron chi connectivity index (χ3n) is 4.17. The molecule has 1 aliphatic heterocycles. The van der Waals surface area contributed by atoms with E-state index in [1.54, 1.807) is 12.1 Å². The molecule has 0 aliphatic carbocycles. The molecule has 0 atom stereocenters. The first-order chi connectivity index (χ1) is 11.5. The van der Waals surface area contributed by atoms with Crippen LogP contribution in [-0.2, 0) is 0 Å². The number of carbonyl (C=O) groups is 1. The first-order valence-electron chi connectivity index (χ1n) is 7.83. The Morgan fingerprint density at radius 3 is 2.33 bits per heavy atom. The lowest BCUT2D eigenvalue weighted by Gasteiger charge is -2.34. The summed E-state index contributed by atoms with van der Waals surface area (Å²) in [4.78, 5) is 16.6. The van der Waals surface area contributed by atoms with E-state index in [4.69, 9.17) is 0 Å². The van der Waals surface area contributed by atoms with Gasteiger partial charge < -0.3 is 15.1 Å². The minimum atomic E-state index is -0.747. The van der Waals surface area contributed by atoms with Gasteiger partial charge in [0, 0.05) is 37.6 Å². The molecule has 6 heteroatoms. The van der Waals surface area contributed by atoms with Crippen molar-refractivity contribution in [1.29, 1.82) is 0 Å². The zero-order valence-corrected chi connectivity index (χ0v) is 13.4. The molecule has 0 spiro atoms. The van der Waals surface area contributed by atoms with Gasteiger partial charge in [0.15, 0.2) is 0 Å². The summed E-state index contributed by atoms with van der Waals surface area (Å²) in [7, 11) is 2.10. The predicted molar refractivity (Wildman–Crippen MR) is 90.5 cm³/mol.